The van der Waals surface area contributed by atoms with Crippen molar-refractivity contribution in [1.82, 2.24) is 19.6 Å². The van der Waals surface area contributed by atoms with Gasteiger partial charge in [0.1, 0.15) is 0 Å². The summed E-state index contributed by atoms with van der Waals surface area (Å²) in [6, 6.07) is 0. The first kappa shape index (κ1) is 61.6. The smallest absolute Gasteiger partial charge is 0.0938 e. The van der Waals surface area contributed by atoms with E-state index < -0.39 is 24.4 Å². The van der Waals surface area contributed by atoms with E-state index in [1.807, 2.05) is 0 Å². The molecule has 2 aliphatic rings. The summed E-state index contributed by atoms with van der Waals surface area (Å²) in [7, 11) is 0. The van der Waals surface area contributed by atoms with Gasteiger partial charge in [0.25, 0.3) is 0 Å². The minimum atomic E-state index is -0.731. The highest BCUT2D eigenvalue weighted by Gasteiger charge is 2.28. The summed E-state index contributed by atoms with van der Waals surface area (Å²) in [4.78, 5) is 9.47. The van der Waals surface area contributed by atoms with Crippen LogP contribution in [0.15, 0.2) is 0 Å². The molecule has 6 atom stereocenters. The number of β-amino-alcohol motifs (C(OH)–C–C–N with tert-alkyl or cyclic N) is 2. The number of hydrogen-bond donors (Lipinski definition) is 4. The SMILES string of the molecule is CCCCCCCCN(CCCCCCCC)CC(O)C(O)CN(CCCCCCCC)CCCCCC(CC)C1CN(CC(O)COCCCCOCC(O)CN2CCOCC2)CCO1. The molecular formula is C54H110N4O8. The van der Waals surface area contributed by atoms with Gasteiger partial charge in [-0.25, -0.2) is 0 Å². The summed E-state index contributed by atoms with van der Waals surface area (Å²) in [5, 5.41) is 43.9. The third-order valence-corrected chi connectivity index (χ3v) is 14.1. The van der Waals surface area contributed by atoms with E-state index in [1.54, 1.807) is 0 Å². The third kappa shape index (κ3) is 33.2. The maximum Gasteiger partial charge on any atom is 0.0938 e. The predicted molar refractivity (Wildman–Crippen MR) is 274 cm³/mol. The minimum Gasteiger partial charge on any atom is -0.389 e. The van der Waals surface area contributed by atoms with Gasteiger partial charge in [0.15, 0.2) is 0 Å². The monoisotopic (exact) mass is 943 g/mol. The standard InChI is InChI=1S/C54H110N4O8/c1-5-9-12-15-18-23-30-55(31-24-19-16-13-10-6-2)44-52(61)53(62)45-56(32-25-20-17-14-11-7-3)33-26-21-22-29-49(8-4)54-46-58(36-41-66-54)43-51(60)48-65-38-28-27-37-64-47-50(59)42-57-34-39-63-40-35-57/h49-54,59-62H,5-48H2,1-4H3. The second-order valence-corrected chi connectivity index (χ2v) is 20.3. The van der Waals surface area contributed by atoms with E-state index in [0.29, 0.717) is 65.1 Å². The van der Waals surface area contributed by atoms with E-state index in [4.69, 9.17) is 18.9 Å². The van der Waals surface area contributed by atoms with Gasteiger partial charge >= 0.3 is 0 Å². The summed E-state index contributed by atoms with van der Waals surface area (Å²) < 4.78 is 23.2. The predicted octanol–water partition coefficient (Wildman–Crippen LogP) is 8.55. The van der Waals surface area contributed by atoms with Crippen LogP contribution in [0.5, 0.6) is 0 Å². The molecule has 6 unspecified atom stereocenters. The molecule has 2 rings (SSSR count). The molecule has 0 aromatic carbocycles. The second kappa shape index (κ2) is 43.3. The first-order valence-electron chi connectivity index (χ1n) is 28.3. The number of unbranched alkanes of at least 4 members (excludes halogenated alkanes) is 18. The average Bonchev–Trinajstić information content (AvgIpc) is 3.31. The number of aliphatic hydroxyl groups excluding tert-OH is 4. The van der Waals surface area contributed by atoms with Gasteiger partial charge < -0.3 is 49.2 Å². The Hall–Kier alpha value is -0.480. The van der Waals surface area contributed by atoms with Crippen LogP contribution in [0.25, 0.3) is 0 Å². The zero-order valence-electron chi connectivity index (χ0n) is 43.8. The van der Waals surface area contributed by atoms with Crippen molar-refractivity contribution in [3.63, 3.8) is 0 Å². The molecule has 394 valence electrons. The van der Waals surface area contributed by atoms with Crippen molar-refractivity contribution in [2.24, 2.45) is 5.92 Å². The summed E-state index contributed by atoms with van der Waals surface area (Å²) in [6.07, 6.45) is 28.0. The van der Waals surface area contributed by atoms with Crippen LogP contribution < -0.4 is 0 Å². The first-order valence-corrected chi connectivity index (χ1v) is 28.3. The summed E-state index contributed by atoms with van der Waals surface area (Å²) in [5.41, 5.74) is 0. The van der Waals surface area contributed by atoms with Gasteiger partial charge in [-0.15, -0.1) is 0 Å². The molecule has 12 heteroatoms. The Bertz CT molecular complexity index is 1010. The van der Waals surface area contributed by atoms with E-state index in [1.165, 1.54) is 109 Å². The zero-order chi connectivity index (χ0) is 47.7. The number of morpholine rings is 2. The highest BCUT2D eigenvalue weighted by Crippen LogP contribution is 2.24. The molecule has 0 amide bonds. The maximum atomic E-state index is 11.4. The van der Waals surface area contributed by atoms with E-state index in [2.05, 4.69) is 47.3 Å². The lowest BCUT2D eigenvalue weighted by Gasteiger charge is -2.37. The van der Waals surface area contributed by atoms with Crippen LogP contribution in [0.4, 0.5) is 0 Å². The molecule has 0 saturated carbocycles. The summed E-state index contributed by atoms with van der Waals surface area (Å²) in [6.45, 7) is 22.9. The fourth-order valence-electron chi connectivity index (χ4n) is 9.79. The van der Waals surface area contributed by atoms with E-state index in [9.17, 15) is 20.4 Å². The van der Waals surface area contributed by atoms with Gasteiger partial charge in [-0.05, 0) is 77.0 Å². The van der Waals surface area contributed by atoms with Gasteiger partial charge in [-0.3, -0.25) is 9.80 Å². The van der Waals surface area contributed by atoms with Crippen LogP contribution in [-0.4, -0.2) is 195 Å². The molecule has 0 aromatic heterocycles. The van der Waals surface area contributed by atoms with Crippen LogP contribution in [0.1, 0.15) is 188 Å². The third-order valence-electron chi connectivity index (χ3n) is 14.1. The molecule has 4 N–H and O–H groups in total. The minimum absolute atomic E-state index is 0.187. The number of nitrogens with zero attached hydrogens (tertiary/aromatic N) is 4. The van der Waals surface area contributed by atoms with Gasteiger partial charge in [0.05, 0.1) is 63.6 Å². The van der Waals surface area contributed by atoms with Gasteiger partial charge in [0.2, 0.25) is 0 Å². The molecule has 0 radical (unpaired) electrons. The lowest BCUT2D eigenvalue weighted by atomic mass is 9.91. The molecule has 66 heavy (non-hydrogen) atoms. The molecule has 0 spiro atoms. The highest BCUT2D eigenvalue weighted by molar-refractivity contribution is 4.80. The molecule has 0 aromatic rings. The number of hydrogen-bond acceptors (Lipinski definition) is 12. The topological polar surface area (TPSA) is 131 Å². The Morgan fingerprint density at radius 2 is 0.909 bits per heavy atom. The van der Waals surface area contributed by atoms with Crippen LogP contribution in [0.2, 0.25) is 0 Å². The molecular weight excluding hydrogens is 833 g/mol. The quantitative estimate of drug-likeness (QED) is 0.0437. The Labute approximate surface area is 407 Å². The van der Waals surface area contributed by atoms with Crippen LogP contribution in [0, 0.1) is 5.92 Å². The Kier molecular flexibility index (Phi) is 40.5. The number of rotatable bonds is 47. The van der Waals surface area contributed by atoms with Crippen molar-refractivity contribution in [2.45, 2.75) is 219 Å². The van der Waals surface area contributed by atoms with Gasteiger partial charge in [-0.1, -0.05) is 143 Å². The number of aliphatic hydroxyl groups is 4. The molecule has 2 saturated heterocycles. The molecule has 0 bridgehead atoms. The van der Waals surface area contributed by atoms with Crippen molar-refractivity contribution >= 4 is 0 Å². The lowest BCUT2D eigenvalue weighted by Crippen LogP contribution is -2.48. The summed E-state index contributed by atoms with van der Waals surface area (Å²) >= 11 is 0. The Morgan fingerprint density at radius 3 is 1.36 bits per heavy atom. The lowest BCUT2D eigenvalue weighted by molar-refractivity contribution is -0.0751. The van der Waals surface area contributed by atoms with Crippen molar-refractivity contribution in [3.05, 3.63) is 0 Å². The Balaban J connectivity index is 1.72. The van der Waals surface area contributed by atoms with Crippen molar-refractivity contribution in [2.75, 3.05) is 125 Å². The van der Waals surface area contributed by atoms with Crippen LogP contribution in [0.3, 0.4) is 0 Å². The fraction of sp³-hybridized carbons (Fsp3) is 1.00. The van der Waals surface area contributed by atoms with Crippen LogP contribution >= 0.6 is 0 Å². The normalized spacial score (nSPS) is 18.9. The molecule has 2 fully saturated rings. The first-order chi connectivity index (χ1) is 32.3. The molecule has 12 nitrogen and oxygen atoms in total. The fourth-order valence-corrected chi connectivity index (χ4v) is 9.79. The van der Waals surface area contributed by atoms with Gasteiger partial charge in [-0.2, -0.15) is 0 Å². The largest absolute Gasteiger partial charge is 0.389 e. The zero-order valence-corrected chi connectivity index (χ0v) is 43.8. The van der Waals surface area contributed by atoms with Crippen LogP contribution in [-0.2, 0) is 18.9 Å². The molecule has 2 aliphatic heterocycles. The molecule has 0 aliphatic carbocycles. The average molecular weight is 943 g/mol. The summed E-state index contributed by atoms with van der Waals surface area (Å²) in [5.74, 6) is 0.496. The highest BCUT2D eigenvalue weighted by atomic mass is 16.5. The van der Waals surface area contributed by atoms with Crippen molar-refractivity contribution < 1.29 is 39.4 Å². The van der Waals surface area contributed by atoms with E-state index >= 15 is 0 Å². The van der Waals surface area contributed by atoms with Crippen molar-refractivity contribution in [3.8, 4) is 0 Å². The van der Waals surface area contributed by atoms with Gasteiger partial charge in [0, 0.05) is 65.6 Å². The maximum absolute atomic E-state index is 11.4. The van der Waals surface area contributed by atoms with Crippen molar-refractivity contribution in [1.29, 1.82) is 0 Å². The number of ether oxygens (including phenoxy) is 4. The van der Waals surface area contributed by atoms with E-state index in [0.717, 1.165) is 117 Å². The van der Waals surface area contributed by atoms with E-state index in [-0.39, 0.29) is 6.10 Å². The Morgan fingerprint density at radius 1 is 0.500 bits per heavy atom. The second-order valence-electron chi connectivity index (χ2n) is 20.3. The molecule has 2 heterocycles.